The number of benzene rings is 4. The molecule has 0 unspecified atom stereocenters. The molecule has 0 saturated heterocycles. The van der Waals surface area contributed by atoms with Crippen molar-refractivity contribution in [3.63, 3.8) is 0 Å². The van der Waals surface area contributed by atoms with E-state index in [0.717, 1.165) is 10.9 Å². The third-order valence-electron chi connectivity index (χ3n) is 3.90. The average molecular weight is 260 g/mol. The monoisotopic (exact) mass is 260 g/mol. The largest absolute Gasteiger partial charge is 0.463 e. The summed E-state index contributed by atoms with van der Waals surface area (Å²) in [5, 5.41) is 7.36. The van der Waals surface area contributed by atoms with Crippen LogP contribution < -0.4 is 0 Å². The first kappa shape index (κ1) is 11.2. The van der Waals surface area contributed by atoms with Crippen molar-refractivity contribution in [1.82, 2.24) is 0 Å². The summed E-state index contributed by atoms with van der Waals surface area (Å²) in [7, 11) is 0. The van der Waals surface area contributed by atoms with Crippen LogP contribution in [0.2, 0.25) is 0 Å². The van der Waals surface area contributed by atoms with Gasteiger partial charge in [-0.3, -0.25) is 4.79 Å². The summed E-state index contributed by atoms with van der Waals surface area (Å²) in [4.78, 5) is 10.5. The van der Waals surface area contributed by atoms with Crippen molar-refractivity contribution in [3.05, 3.63) is 60.2 Å². The lowest BCUT2D eigenvalue weighted by molar-refractivity contribution is -0.129. The maximum absolute atomic E-state index is 10.5. The van der Waals surface area contributed by atoms with E-state index in [1.54, 1.807) is 0 Å². The van der Waals surface area contributed by atoms with Crippen LogP contribution in [0.4, 0.5) is 0 Å². The lowest BCUT2D eigenvalue weighted by Gasteiger charge is -2.13. The second kappa shape index (κ2) is 4.20. The van der Waals surface area contributed by atoms with Crippen LogP contribution in [0.5, 0.6) is 0 Å². The fourth-order valence-electron chi connectivity index (χ4n) is 3.08. The number of hydrogen-bond acceptors (Lipinski definition) is 2. The molecule has 0 radical (unpaired) electrons. The number of carbonyl (C=O) groups is 1. The van der Waals surface area contributed by atoms with Crippen LogP contribution in [-0.4, -0.2) is 6.47 Å². The Labute approximate surface area is 115 Å². The molecular weight excluding hydrogens is 248 g/mol. The minimum atomic E-state index is 0.313. The van der Waals surface area contributed by atoms with Crippen LogP contribution in [0, 0.1) is 0 Å². The average Bonchev–Trinajstić information content (AvgIpc) is 2.51. The smallest absolute Gasteiger partial charge is 0.293 e. The van der Waals surface area contributed by atoms with Gasteiger partial charge in [-0.1, -0.05) is 48.5 Å². The third kappa shape index (κ3) is 1.48. The molecule has 4 rings (SSSR count). The van der Waals surface area contributed by atoms with Crippen molar-refractivity contribution in [1.29, 1.82) is 0 Å². The molecule has 0 spiro atoms. The molecule has 0 aromatic heterocycles. The number of hydrogen-bond donors (Lipinski definition) is 0. The first-order valence-corrected chi connectivity index (χ1v) is 6.59. The Kier molecular flexibility index (Phi) is 2.36. The van der Waals surface area contributed by atoms with Crippen molar-refractivity contribution in [2.75, 3.05) is 0 Å². The molecule has 0 heterocycles. The maximum Gasteiger partial charge on any atom is 0.293 e. The van der Waals surface area contributed by atoms with E-state index in [0.29, 0.717) is 13.1 Å². The Morgan fingerprint density at radius 3 is 2.35 bits per heavy atom. The lowest BCUT2D eigenvalue weighted by atomic mass is 9.91. The summed E-state index contributed by atoms with van der Waals surface area (Å²) >= 11 is 0. The van der Waals surface area contributed by atoms with Crippen LogP contribution in [0.25, 0.3) is 32.3 Å². The minimum Gasteiger partial charge on any atom is -0.463 e. The van der Waals surface area contributed by atoms with Crippen LogP contribution in [0.3, 0.4) is 0 Å². The highest BCUT2D eigenvalue weighted by molar-refractivity contribution is 6.23. The molecule has 4 aromatic carbocycles. The van der Waals surface area contributed by atoms with E-state index in [4.69, 9.17) is 4.74 Å². The van der Waals surface area contributed by atoms with E-state index in [1.807, 2.05) is 6.07 Å². The summed E-state index contributed by atoms with van der Waals surface area (Å²) in [6.45, 7) is 0.815. The molecule has 0 aliphatic carbocycles. The van der Waals surface area contributed by atoms with Gasteiger partial charge < -0.3 is 4.74 Å². The molecule has 96 valence electrons. The van der Waals surface area contributed by atoms with Crippen molar-refractivity contribution < 1.29 is 9.53 Å². The van der Waals surface area contributed by atoms with Gasteiger partial charge in [0.15, 0.2) is 0 Å². The lowest BCUT2D eigenvalue weighted by Crippen LogP contribution is -1.94. The normalized spacial score (nSPS) is 11.4. The maximum atomic E-state index is 10.5. The van der Waals surface area contributed by atoms with E-state index >= 15 is 0 Å². The molecule has 0 fully saturated rings. The fraction of sp³-hybridized carbons (Fsp3) is 0.0556. The zero-order valence-electron chi connectivity index (χ0n) is 10.8. The van der Waals surface area contributed by atoms with Crippen LogP contribution >= 0.6 is 0 Å². The van der Waals surface area contributed by atoms with Crippen molar-refractivity contribution in [2.45, 2.75) is 6.61 Å². The van der Waals surface area contributed by atoms with Crippen molar-refractivity contribution >= 4 is 38.8 Å². The Hall–Kier alpha value is -2.61. The number of carbonyl (C=O) groups excluding carboxylic acids is 1. The van der Waals surface area contributed by atoms with E-state index in [1.165, 1.54) is 26.9 Å². The summed E-state index contributed by atoms with van der Waals surface area (Å²) in [6, 6.07) is 19.0. The predicted molar refractivity (Wildman–Crippen MR) is 81.0 cm³/mol. The van der Waals surface area contributed by atoms with Gasteiger partial charge in [-0.15, -0.1) is 0 Å². The van der Waals surface area contributed by atoms with Gasteiger partial charge in [0.25, 0.3) is 6.47 Å². The van der Waals surface area contributed by atoms with Crippen molar-refractivity contribution in [2.24, 2.45) is 0 Å². The molecular formula is C18H12O2. The second-order valence-corrected chi connectivity index (χ2v) is 4.99. The summed E-state index contributed by atoms with van der Waals surface area (Å²) in [5.41, 5.74) is 1.05. The highest BCUT2D eigenvalue weighted by Crippen LogP contribution is 2.36. The topological polar surface area (TPSA) is 26.3 Å². The number of rotatable bonds is 3. The van der Waals surface area contributed by atoms with Crippen LogP contribution in [0.1, 0.15) is 5.56 Å². The van der Waals surface area contributed by atoms with E-state index in [9.17, 15) is 4.79 Å². The molecule has 4 aromatic rings. The Bertz CT molecular complexity index is 924. The van der Waals surface area contributed by atoms with Gasteiger partial charge in [-0.05, 0) is 43.9 Å². The van der Waals surface area contributed by atoms with Gasteiger partial charge >= 0.3 is 0 Å². The highest BCUT2D eigenvalue weighted by atomic mass is 16.5. The minimum absolute atomic E-state index is 0.313. The Morgan fingerprint density at radius 1 is 0.850 bits per heavy atom. The highest BCUT2D eigenvalue weighted by Gasteiger charge is 2.11. The molecule has 0 aliphatic rings. The van der Waals surface area contributed by atoms with Crippen molar-refractivity contribution in [3.8, 4) is 0 Å². The molecule has 2 heteroatoms. The SMILES string of the molecule is O=COCc1cc2cccc3ccc4cccc1c4c32. The van der Waals surface area contributed by atoms with Gasteiger partial charge in [-0.25, -0.2) is 0 Å². The molecule has 0 bridgehead atoms. The fourth-order valence-corrected chi connectivity index (χ4v) is 3.08. The van der Waals surface area contributed by atoms with E-state index < -0.39 is 0 Å². The first-order valence-electron chi connectivity index (χ1n) is 6.59. The van der Waals surface area contributed by atoms with Crippen LogP contribution in [-0.2, 0) is 16.1 Å². The van der Waals surface area contributed by atoms with E-state index in [2.05, 4.69) is 48.5 Å². The second-order valence-electron chi connectivity index (χ2n) is 4.99. The van der Waals surface area contributed by atoms with Gasteiger partial charge in [0.1, 0.15) is 6.61 Å². The van der Waals surface area contributed by atoms with Gasteiger partial charge in [0.2, 0.25) is 0 Å². The molecule has 0 saturated carbocycles. The molecule has 0 aliphatic heterocycles. The zero-order chi connectivity index (χ0) is 13.5. The quantitative estimate of drug-likeness (QED) is 0.406. The van der Waals surface area contributed by atoms with Gasteiger partial charge in [0.05, 0.1) is 0 Å². The van der Waals surface area contributed by atoms with Gasteiger partial charge in [-0.2, -0.15) is 0 Å². The predicted octanol–water partition coefficient (Wildman–Crippen LogP) is 4.26. The molecule has 20 heavy (non-hydrogen) atoms. The molecule has 0 atom stereocenters. The third-order valence-corrected chi connectivity index (χ3v) is 3.90. The zero-order valence-corrected chi connectivity index (χ0v) is 10.8. The summed E-state index contributed by atoms with van der Waals surface area (Å²) in [5.74, 6) is 0. The first-order chi connectivity index (χ1) is 9.88. The Morgan fingerprint density at radius 2 is 1.55 bits per heavy atom. The number of ether oxygens (including phenoxy) is 1. The summed E-state index contributed by atoms with van der Waals surface area (Å²) < 4.78 is 4.97. The van der Waals surface area contributed by atoms with Gasteiger partial charge in [0, 0.05) is 0 Å². The standard InChI is InChI=1S/C18H12O2/c19-11-20-10-15-9-14-5-1-3-12-7-8-13-4-2-6-16(15)18(13)17(12)14/h1-9,11H,10H2. The molecule has 0 N–H and O–H groups in total. The Balaban J connectivity index is 2.21. The van der Waals surface area contributed by atoms with Crippen LogP contribution in [0.15, 0.2) is 54.6 Å². The molecule has 0 amide bonds. The molecule has 2 nitrogen and oxygen atoms in total. The summed E-state index contributed by atoms with van der Waals surface area (Å²) in [6.07, 6.45) is 0. The van der Waals surface area contributed by atoms with E-state index in [-0.39, 0.29) is 0 Å².